The van der Waals surface area contributed by atoms with E-state index < -0.39 is 0 Å². The third-order valence-electron chi connectivity index (χ3n) is 4.18. The van der Waals surface area contributed by atoms with Crippen molar-refractivity contribution in [3.63, 3.8) is 0 Å². The minimum atomic E-state index is -0.0732. The fourth-order valence-corrected chi connectivity index (χ4v) is 2.97. The van der Waals surface area contributed by atoms with Gasteiger partial charge < -0.3 is 4.90 Å². The molecule has 3 rings (SSSR count). The number of carbonyl (C=O) groups excluding carboxylic acids is 1. The van der Waals surface area contributed by atoms with Crippen LogP contribution in [-0.2, 0) is 13.6 Å². The number of benzene rings is 1. The van der Waals surface area contributed by atoms with E-state index in [9.17, 15) is 4.79 Å². The normalized spacial score (nSPS) is 10.7. The standard InChI is InChI=1S/C19H19N5O/c1-12-9-16(17-13(2)22-24(4)18(17)21-12)19(25)23(3)11-15-7-5-14(10-20)6-8-15/h5-9H,11H2,1-4H3. The van der Waals surface area contributed by atoms with Gasteiger partial charge in [-0.2, -0.15) is 10.4 Å². The maximum absolute atomic E-state index is 13.0. The van der Waals surface area contributed by atoms with Crippen LogP contribution >= 0.6 is 0 Å². The van der Waals surface area contributed by atoms with Crippen molar-refractivity contribution in [3.05, 3.63) is 58.4 Å². The Morgan fingerprint density at radius 2 is 1.96 bits per heavy atom. The number of pyridine rings is 1. The smallest absolute Gasteiger partial charge is 0.254 e. The molecule has 0 fully saturated rings. The Kier molecular flexibility index (Phi) is 4.24. The van der Waals surface area contributed by atoms with Crippen LogP contribution in [0.25, 0.3) is 11.0 Å². The molecule has 3 aromatic rings. The topological polar surface area (TPSA) is 74.8 Å². The number of rotatable bonds is 3. The molecule has 0 saturated carbocycles. The SMILES string of the molecule is Cc1cc(C(=O)N(C)Cc2ccc(C#N)cc2)c2c(C)nn(C)c2n1. The van der Waals surface area contributed by atoms with E-state index in [0.717, 1.165) is 22.3 Å². The Hall–Kier alpha value is -3.20. The van der Waals surface area contributed by atoms with Crippen LogP contribution < -0.4 is 0 Å². The highest BCUT2D eigenvalue weighted by molar-refractivity contribution is 6.06. The molecule has 0 aliphatic carbocycles. The zero-order valence-electron chi connectivity index (χ0n) is 14.7. The second-order valence-corrected chi connectivity index (χ2v) is 6.19. The molecular formula is C19H19N5O. The Morgan fingerprint density at radius 3 is 2.60 bits per heavy atom. The van der Waals surface area contributed by atoms with E-state index >= 15 is 0 Å². The van der Waals surface area contributed by atoms with E-state index in [1.54, 1.807) is 28.8 Å². The first-order chi connectivity index (χ1) is 11.9. The summed E-state index contributed by atoms with van der Waals surface area (Å²) < 4.78 is 1.70. The van der Waals surface area contributed by atoms with Gasteiger partial charge in [0.2, 0.25) is 0 Å². The molecule has 6 heteroatoms. The number of fused-ring (bicyclic) bond motifs is 1. The van der Waals surface area contributed by atoms with Gasteiger partial charge in [-0.3, -0.25) is 9.48 Å². The Bertz CT molecular complexity index is 995. The summed E-state index contributed by atoms with van der Waals surface area (Å²) in [7, 11) is 3.60. The maximum atomic E-state index is 13.0. The molecule has 1 amide bonds. The summed E-state index contributed by atoms with van der Waals surface area (Å²) >= 11 is 0. The zero-order chi connectivity index (χ0) is 18.1. The summed E-state index contributed by atoms with van der Waals surface area (Å²) in [5, 5.41) is 14.1. The highest BCUT2D eigenvalue weighted by Gasteiger charge is 2.20. The van der Waals surface area contributed by atoms with Crippen molar-refractivity contribution in [2.75, 3.05) is 7.05 Å². The maximum Gasteiger partial charge on any atom is 0.254 e. The number of carbonyl (C=O) groups is 1. The van der Waals surface area contributed by atoms with E-state index in [-0.39, 0.29) is 5.91 Å². The van der Waals surface area contributed by atoms with Gasteiger partial charge >= 0.3 is 0 Å². The average Bonchev–Trinajstić information content (AvgIpc) is 2.88. The van der Waals surface area contributed by atoms with Gasteiger partial charge in [-0.15, -0.1) is 0 Å². The van der Waals surface area contributed by atoms with Gasteiger partial charge in [0.05, 0.1) is 28.3 Å². The minimum Gasteiger partial charge on any atom is -0.337 e. The lowest BCUT2D eigenvalue weighted by Crippen LogP contribution is -2.26. The molecule has 0 saturated heterocycles. The van der Waals surface area contributed by atoms with Gasteiger partial charge in [0.1, 0.15) is 0 Å². The first-order valence-electron chi connectivity index (χ1n) is 7.96. The highest BCUT2D eigenvalue weighted by atomic mass is 16.2. The highest BCUT2D eigenvalue weighted by Crippen LogP contribution is 2.23. The molecule has 126 valence electrons. The van der Waals surface area contributed by atoms with Crippen molar-refractivity contribution in [1.29, 1.82) is 5.26 Å². The fraction of sp³-hybridized carbons (Fsp3) is 0.263. The van der Waals surface area contributed by atoms with E-state index in [1.165, 1.54) is 0 Å². The van der Waals surface area contributed by atoms with Crippen molar-refractivity contribution in [1.82, 2.24) is 19.7 Å². The van der Waals surface area contributed by atoms with Gasteiger partial charge in [-0.05, 0) is 37.6 Å². The zero-order valence-corrected chi connectivity index (χ0v) is 14.7. The molecule has 6 nitrogen and oxygen atoms in total. The summed E-state index contributed by atoms with van der Waals surface area (Å²) in [5.41, 5.74) is 4.48. The van der Waals surface area contributed by atoms with Gasteiger partial charge in [0, 0.05) is 26.3 Å². The first-order valence-corrected chi connectivity index (χ1v) is 7.96. The lowest BCUT2D eigenvalue weighted by atomic mass is 10.1. The third kappa shape index (κ3) is 3.09. The second-order valence-electron chi connectivity index (χ2n) is 6.19. The average molecular weight is 333 g/mol. The fourth-order valence-electron chi connectivity index (χ4n) is 2.97. The lowest BCUT2D eigenvalue weighted by molar-refractivity contribution is 0.0787. The lowest BCUT2D eigenvalue weighted by Gasteiger charge is -2.18. The van der Waals surface area contributed by atoms with Crippen LogP contribution in [0.1, 0.15) is 32.9 Å². The van der Waals surface area contributed by atoms with Crippen LogP contribution in [0.4, 0.5) is 0 Å². The number of aryl methyl sites for hydroxylation is 3. The summed E-state index contributed by atoms with van der Waals surface area (Å²) in [6, 6.07) is 11.2. The Labute approximate surface area is 146 Å². The van der Waals surface area contributed by atoms with Crippen LogP contribution in [0.2, 0.25) is 0 Å². The van der Waals surface area contributed by atoms with Crippen LogP contribution in [0.5, 0.6) is 0 Å². The summed E-state index contributed by atoms with van der Waals surface area (Å²) in [6.45, 7) is 4.22. The molecule has 0 unspecified atom stereocenters. The van der Waals surface area contributed by atoms with Crippen molar-refractivity contribution in [2.45, 2.75) is 20.4 Å². The van der Waals surface area contributed by atoms with Crippen LogP contribution in [0.15, 0.2) is 30.3 Å². The van der Waals surface area contributed by atoms with Crippen molar-refractivity contribution in [2.24, 2.45) is 7.05 Å². The molecule has 2 aromatic heterocycles. The van der Waals surface area contributed by atoms with Crippen LogP contribution in [-0.4, -0.2) is 32.6 Å². The van der Waals surface area contributed by atoms with Gasteiger partial charge in [-0.1, -0.05) is 12.1 Å². The molecule has 25 heavy (non-hydrogen) atoms. The van der Waals surface area contributed by atoms with Crippen molar-refractivity contribution in [3.8, 4) is 6.07 Å². The first kappa shape index (κ1) is 16.7. The van der Waals surface area contributed by atoms with Gasteiger partial charge in [0.25, 0.3) is 5.91 Å². The number of nitrogens with zero attached hydrogens (tertiary/aromatic N) is 5. The molecule has 0 aliphatic heterocycles. The number of amides is 1. The molecule has 0 atom stereocenters. The summed E-state index contributed by atoms with van der Waals surface area (Å²) in [6.07, 6.45) is 0. The molecule has 0 radical (unpaired) electrons. The largest absolute Gasteiger partial charge is 0.337 e. The van der Waals surface area contributed by atoms with Crippen LogP contribution in [0.3, 0.4) is 0 Å². The van der Waals surface area contributed by atoms with E-state index in [2.05, 4.69) is 16.2 Å². The molecular weight excluding hydrogens is 314 g/mol. The molecule has 0 aliphatic rings. The number of hydrogen-bond acceptors (Lipinski definition) is 4. The van der Waals surface area contributed by atoms with Crippen LogP contribution in [0, 0.1) is 25.2 Å². The molecule has 0 spiro atoms. The predicted molar refractivity (Wildman–Crippen MR) is 94.9 cm³/mol. The van der Waals surface area contributed by atoms with Crippen molar-refractivity contribution < 1.29 is 4.79 Å². The van der Waals surface area contributed by atoms with E-state index in [4.69, 9.17) is 5.26 Å². The monoisotopic (exact) mass is 333 g/mol. The molecule has 1 aromatic carbocycles. The number of nitriles is 1. The van der Waals surface area contributed by atoms with Crippen molar-refractivity contribution >= 4 is 16.9 Å². The Balaban J connectivity index is 1.94. The molecule has 2 heterocycles. The Morgan fingerprint density at radius 1 is 1.28 bits per heavy atom. The van der Waals surface area contributed by atoms with E-state index in [0.29, 0.717) is 23.3 Å². The predicted octanol–water partition coefficient (Wildman–Crippen LogP) is 2.73. The van der Waals surface area contributed by atoms with Gasteiger partial charge in [0.15, 0.2) is 5.65 Å². The summed E-state index contributed by atoms with van der Waals surface area (Å²) in [5.74, 6) is -0.0732. The second kappa shape index (κ2) is 6.36. The number of aromatic nitrogens is 3. The minimum absolute atomic E-state index is 0.0732. The number of hydrogen-bond donors (Lipinski definition) is 0. The molecule has 0 bridgehead atoms. The van der Waals surface area contributed by atoms with E-state index in [1.807, 2.05) is 39.1 Å². The molecule has 0 N–H and O–H groups in total. The van der Waals surface area contributed by atoms with Gasteiger partial charge in [-0.25, -0.2) is 4.98 Å². The summed E-state index contributed by atoms with van der Waals surface area (Å²) in [4.78, 5) is 19.2. The third-order valence-corrected chi connectivity index (χ3v) is 4.18. The quantitative estimate of drug-likeness (QED) is 0.738.